The van der Waals surface area contributed by atoms with Gasteiger partial charge in [0, 0.05) is 11.6 Å². The van der Waals surface area contributed by atoms with Crippen LogP contribution >= 0.6 is 0 Å². The van der Waals surface area contributed by atoms with Crippen molar-refractivity contribution in [3.05, 3.63) is 83.0 Å². The zero-order chi connectivity index (χ0) is 19.4. The molecule has 3 aromatic rings. The van der Waals surface area contributed by atoms with Crippen molar-refractivity contribution < 1.29 is 14.3 Å². The number of carbonyl (C=O) groups is 2. The lowest BCUT2D eigenvalue weighted by Gasteiger charge is -2.08. The number of rotatable bonds is 5. The monoisotopic (exact) mass is 360 g/mol. The molecule has 1 amide bonds. The number of pyridine rings is 1. The smallest absolute Gasteiger partial charge is 0.296 e. The van der Waals surface area contributed by atoms with E-state index >= 15 is 0 Å². The average molecular weight is 360 g/mol. The highest BCUT2D eigenvalue weighted by Crippen LogP contribution is 2.23. The summed E-state index contributed by atoms with van der Waals surface area (Å²) in [6.07, 6.45) is 1.46. The molecule has 3 rings (SSSR count). The molecule has 1 aromatic heterocycles. The molecule has 0 aliphatic heterocycles. The lowest BCUT2D eigenvalue weighted by Crippen LogP contribution is -2.22. The Morgan fingerprint density at radius 1 is 0.889 bits per heavy atom. The molecule has 0 bridgehead atoms. The summed E-state index contributed by atoms with van der Waals surface area (Å²) in [4.78, 5) is 28.5. The van der Waals surface area contributed by atoms with Gasteiger partial charge in [0.25, 0.3) is 11.7 Å². The van der Waals surface area contributed by atoms with Crippen molar-refractivity contribution in [1.82, 2.24) is 4.98 Å². The van der Waals surface area contributed by atoms with Crippen LogP contribution in [0.25, 0.3) is 0 Å². The van der Waals surface area contributed by atoms with Crippen LogP contribution in [0.2, 0.25) is 0 Å². The number of aryl methyl sites for hydroxylation is 3. The van der Waals surface area contributed by atoms with Gasteiger partial charge in [0.2, 0.25) is 5.88 Å². The standard InChI is InChI=1S/C22H20N2O3/c1-14-4-7-17(8-5-14)21(25)22(26)24-18-9-11-20(23-13-18)27-19-10-6-15(2)16(3)12-19/h4-13H,1-3H3,(H,24,26). The van der Waals surface area contributed by atoms with E-state index in [9.17, 15) is 9.59 Å². The molecule has 27 heavy (non-hydrogen) atoms. The lowest BCUT2D eigenvalue weighted by atomic mass is 10.1. The van der Waals surface area contributed by atoms with E-state index in [1.165, 1.54) is 11.8 Å². The van der Waals surface area contributed by atoms with E-state index in [2.05, 4.69) is 10.3 Å². The van der Waals surface area contributed by atoms with Gasteiger partial charge in [-0.05, 0) is 50.1 Å². The highest BCUT2D eigenvalue weighted by Gasteiger charge is 2.16. The van der Waals surface area contributed by atoms with E-state index in [1.807, 2.05) is 39.0 Å². The Balaban J connectivity index is 1.64. The normalized spacial score (nSPS) is 10.3. The SMILES string of the molecule is Cc1ccc(C(=O)C(=O)Nc2ccc(Oc3ccc(C)c(C)c3)nc2)cc1. The Morgan fingerprint density at radius 3 is 2.26 bits per heavy atom. The number of nitrogens with one attached hydrogen (secondary N) is 1. The zero-order valence-corrected chi connectivity index (χ0v) is 15.4. The summed E-state index contributed by atoms with van der Waals surface area (Å²) < 4.78 is 5.71. The van der Waals surface area contributed by atoms with E-state index in [0.717, 1.165) is 11.1 Å². The third-order valence-electron chi connectivity index (χ3n) is 4.21. The summed E-state index contributed by atoms with van der Waals surface area (Å²) >= 11 is 0. The maximum atomic E-state index is 12.2. The molecule has 0 saturated carbocycles. The van der Waals surface area contributed by atoms with E-state index in [1.54, 1.807) is 36.4 Å². The van der Waals surface area contributed by atoms with Crippen molar-refractivity contribution >= 4 is 17.4 Å². The van der Waals surface area contributed by atoms with Crippen LogP contribution in [0.15, 0.2) is 60.8 Å². The van der Waals surface area contributed by atoms with Gasteiger partial charge in [0.15, 0.2) is 0 Å². The van der Waals surface area contributed by atoms with Gasteiger partial charge >= 0.3 is 0 Å². The van der Waals surface area contributed by atoms with Crippen LogP contribution in [0.1, 0.15) is 27.0 Å². The molecule has 0 atom stereocenters. The second-order valence-electron chi connectivity index (χ2n) is 6.38. The molecular formula is C22H20N2O3. The molecule has 0 unspecified atom stereocenters. The number of amides is 1. The fraction of sp³-hybridized carbons (Fsp3) is 0.136. The van der Waals surface area contributed by atoms with Crippen LogP contribution in [-0.2, 0) is 4.79 Å². The molecule has 136 valence electrons. The number of aromatic nitrogens is 1. The molecule has 0 fully saturated rings. The number of benzene rings is 2. The fourth-order valence-electron chi connectivity index (χ4n) is 2.44. The molecule has 2 aromatic carbocycles. The lowest BCUT2D eigenvalue weighted by molar-refractivity contribution is -0.112. The molecule has 0 radical (unpaired) electrons. The first-order valence-corrected chi connectivity index (χ1v) is 8.56. The minimum absolute atomic E-state index is 0.348. The van der Waals surface area contributed by atoms with Gasteiger partial charge in [0.05, 0.1) is 11.9 Å². The summed E-state index contributed by atoms with van der Waals surface area (Å²) in [5.74, 6) is -0.202. The number of anilines is 1. The molecule has 0 aliphatic carbocycles. The summed E-state index contributed by atoms with van der Waals surface area (Å²) in [7, 11) is 0. The first-order valence-electron chi connectivity index (χ1n) is 8.56. The van der Waals surface area contributed by atoms with Crippen molar-refractivity contribution in [2.75, 3.05) is 5.32 Å². The highest BCUT2D eigenvalue weighted by molar-refractivity contribution is 6.46. The molecule has 0 saturated heterocycles. The predicted molar refractivity (Wildman–Crippen MR) is 104 cm³/mol. The third-order valence-corrected chi connectivity index (χ3v) is 4.21. The van der Waals surface area contributed by atoms with Gasteiger partial charge in [-0.1, -0.05) is 35.9 Å². The van der Waals surface area contributed by atoms with Crippen LogP contribution < -0.4 is 10.1 Å². The average Bonchev–Trinajstić information content (AvgIpc) is 2.66. The second-order valence-corrected chi connectivity index (χ2v) is 6.38. The summed E-state index contributed by atoms with van der Waals surface area (Å²) in [5, 5.41) is 2.56. The Kier molecular flexibility index (Phi) is 5.31. The van der Waals surface area contributed by atoms with Crippen molar-refractivity contribution in [3.63, 3.8) is 0 Å². The number of carbonyl (C=O) groups excluding carboxylic acids is 2. The molecule has 0 aliphatic rings. The van der Waals surface area contributed by atoms with Crippen molar-refractivity contribution in [3.8, 4) is 11.6 Å². The number of ether oxygens (including phenoxy) is 1. The van der Waals surface area contributed by atoms with Crippen molar-refractivity contribution in [1.29, 1.82) is 0 Å². The van der Waals surface area contributed by atoms with Gasteiger partial charge in [0.1, 0.15) is 5.75 Å². The van der Waals surface area contributed by atoms with Crippen LogP contribution in [0.3, 0.4) is 0 Å². The Hall–Kier alpha value is -3.47. The number of Topliss-reactive ketones (excluding diaryl/α,β-unsaturated/α-hetero) is 1. The number of nitrogens with zero attached hydrogens (tertiary/aromatic N) is 1. The molecule has 5 heteroatoms. The van der Waals surface area contributed by atoms with Crippen LogP contribution in [0.4, 0.5) is 5.69 Å². The van der Waals surface area contributed by atoms with Gasteiger partial charge in [-0.3, -0.25) is 9.59 Å². The second kappa shape index (κ2) is 7.83. The first-order chi connectivity index (χ1) is 12.9. The summed E-state index contributed by atoms with van der Waals surface area (Å²) in [6, 6.07) is 15.9. The molecule has 0 spiro atoms. The predicted octanol–water partition coefficient (Wildman–Crippen LogP) is 4.62. The largest absolute Gasteiger partial charge is 0.439 e. The number of hydrogen-bond donors (Lipinski definition) is 1. The fourth-order valence-corrected chi connectivity index (χ4v) is 2.44. The van der Waals surface area contributed by atoms with Gasteiger partial charge in [-0.25, -0.2) is 4.98 Å². The van der Waals surface area contributed by atoms with Gasteiger partial charge in [-0.2, -0.15) is 0 Å². The maximum absolute atomic E-state index is 12.2. The number of ketones is 1. The third kappa shape index (κ3) is 4.58. The highest BCUT2D eigenvalue weighted by atomic mass is 16.5. The molecule has 5 nitrogen and oxygen atoms in total. The summed E-state index contributed by atoms with van der Waals surface area (Å²) in [6.45, 7) is 5.97. The Morgan fingerprint density at radius 2 is 1.63 bits per heavy atom. The molecule has 1 N–H and O–H groups in total. The minimum atomic E-state index is -0.705. The first kappa shape index (κ1) is 18.3. The van der Waals surface area contributed by atoms with E-state index < -0.39 is 11.7 Å². The molecule has 1 heterocycles. The van der Waals surface area contributed by atoms with E-state index in [0.29, 0.717) is 22.9 Å². The Labute approximate surface area is 158 Å². The molecular weight excluding hydrogens is 340 g/mol. The quantitative estimate of drug-likeness (QED) is 0.532. The van der Waals surface area contributed by atoms with Crippen LogP contribution in [0, 0.1) is 20.8 Å². The van der Waals surface area contributed by atoms with Crippen LogP contribution in [0.5, 0.6) is 11.6 Å². The van der Waals surface area contributed by atoms with E-state index in [-0.39, 0.29) is 0 Å². The van der Waals surface area contributed by atoms with Crippen LogP contribution in [-0.4, -0.2) is 16.7 Å². The minimum Gasteiger partial charge on any atom is -0.439 e. The van der Waals surface area contributed by atoms with Gasteiger partial charge in [-0.15, -0.1) is 0 Å². The van der Waals surface area contributed by atoms with E-state index in [4.69, 9.17) is 4.74 Å². The maximum Gasteiger partial charge on any atom is 0.296 e. The van der Waals surface area contributed by atoms with Crippen molar-refractivity contribution in [2.24, 2.45) is 0 Å². The number of hydrogen-bond acceptors (Lipinski definition) is 4. The van der Waals surface area contributed by atoms with Crippen molar-refractivity contribution in [2.45, 2.75) is 20.8 Å². The topological polar surface area (TPSA) is 68.3 Å². The summed E-state index contributed by atoms with van der Waals surface area (Å²) in [5.41, 5.74) is 4.11. The van der Waals surface area contributed by atoms with Gasteiger partial charge < -0.3 is 10.1 Å². The Bertz CT molecular complexity index is 977. The zero-order valence-electron chi connectivity index (χ0n) is 15.4.